The second-order valence-electron chi connectivity index (χ2n) is 5.93. The molecule has 3 N–H and O–H groups in total. The Labute approximate surface area is 119 Å². The van der Waals surface area contributed by atoms with Crippen LogP contribution in [0, 0.1) is 11.8 Å². The maximum atomic E-state index is 10.8. The molecule has 0 aromatic heterocycles. The topological polar surface area (TPSA) is 52.5 Å². The average Bonchev–Trinajstić information content (AvgIpc) is 2.34. The van der Waals surface area contributed by atoms with Crippen LogP contribution >= 0.6 is 23.2 Å². The van der Waals surface area contributed by atoms with Crippen molar-refractivity contribution >= 4 is 23.2 Å². The van der Waals surface area contributed by atoms with Crippen molar-refractivity contribution < 1.29 is 10.2 Å². The largest absolute Gasteiger partial charge is 0.393 e. The van der Waals surface area contributed by atoms with E-state index in [1.54, 1.807) is 0 Å². The lowest BCUT2D eigenvalue weighted by Gasteiger charge is -2.47. The molecular formula is C13H23Cl2NO2. The van der Waals surface area contributed by atoms with Gasteiger partial charge in [-0.2, -0.15) is 0 Å². The lowest BCUT2D eigenvalue weighted by molar-refractivity contribution is -0.115. The first-order chi connectivity index (χ1) is 8.43. The summed E-state index contributed by atoms with van der Waals surface area (Å²) in [6.07, 6.45) is 2.42. The van der Waals surface area contributed by atoms with Gasteiger partial charge in [-0.1, -0.05) is 0 Å². The van der Waals surface area contributed by atoms with Crippen LogP contribution in [0.3, 0.4) is 0 Å². The molecule has 5 heteroatoms. The van der Waals surface area contributed by atoms with Crippen LogP contribution in [0.5, 0.6) is 0 Å². The molecule has 1 aliphatic carbocycles. The third-order valence-corrected chi connectivity index (χ3v) is 5.81. The van der Waals surface area contributed by atoms with Gasteiger partial charge in [0.2, 0.25) is 0 Å². The Balaban J connectivity index is 2.07. The summed E-state index contributed by atoms with van der Waals surface area (Å²) < 4.78 is 0. The summed E-state index contributed by atoms with van der Waals surface area (Å²) in [5, 5.41) is 24.0. The van der Waals surface area contributed by atoms with Crippen LogP contribution in [-0.2, 0) is 0 Å². The Kier molecular flexibility index (Phi) is 4.82. The second-order valence-corrected chi connectivity index (χ2v) is 7.05. The fourth-order valence-electron chi connectivity index (χ4n) is 3.43. The van der Waals surface area contributed by atoms with Crippen molar-refractivity contribution in [3.63, 3.8) is 0 Å². The number of aliphatic hydroxyl groups excluding tert-OH is 1. The maximum Gasteiger partial charge on any atom is 0.0701 e. The van der Waals surface area contributed by atoms with Gasteiger partial charge >= 0.3 is 0 Å². The van der Waals surface area contributed by atoms with Crippen LogP contribution in [-0.4, -0.2) is 45.8 Å². The molecule has 1 saturated carbocycles. The number of alkyl halides is 2. The van der Waals surface area contributed by atoms with Crippen LogP contribution in [0.2, 0.25) is 0 Å². The Morgan fingerprint density at radius 2 is 1.67 bits per heavy atom. The second kappa shape index (κ2) is 5.84. The fraction of sp³-hybridized carbons (Fsp3) is 1.00. The van der Waals surface area contributed by atoms with E-state index < -0.39 is 11.7 Å². The number of halogens is 2. The van der Waals surface area contributed by atoms with Crippen LogP contribution < -0.4 is 5.32 Å². The minimum absolute atomic E-state index is 0.159. The Morgan fingerprint density at radius 3 is 2.28 bits per heavy atom. The van der Waals surface area contributed by atoms with Gasteiger partial charge in [-0.25, -0.2) is 0 Å². The Hall–Kier alpha value is 0.460. The first kappa shape index (κ1) is 14.9. The van der Waals surface area contributed by atoms with E-state index in [0.717, 1.165) is 25.9 Å². The zero-order valence-corrected chi connectivity index (χ0v) is 12.3. The molecule has 18 heavy (non-hydrogen) atoms. The van der Waals surface area contributed by atoms with Crippen molar-refractivity contribution in [1.29, 1.82) is 0 Å². The van der Waals surface area contributed by atoms with Crippen LogP contribution in [0.4, 0.5) is 0 Å². The van der Waals surface area contributed by atoms with Gasteiger partial charge in [-0.15, -0.1) is 23.2 Å². The highest BCUT2D eigenvalue weighted by molar-refractivity contribution is 6.30. The number of piperidine rings is 1. The summed E-state index contributed by atoms with van der Waals surface area (Å²) in [4.78, 5) is 0. The molecule has 1 heterocycles. The van der Waals surface area contributed by atoms with E-state index in [9.17, 15) is 10.2 Å². The smallest absolute Gasteiger partial charge is 0.0701 e. The molecule has 2 fully saturated rings. The standard InChI is InChI=1S/C13H23Cl2NO2/c1-13(18,8-2-4-16-5-3-8)9-6-10(14)11(15)7-12(9)17/h8-12,16-18H,2-7H2,1H3. The predicted octanol–water partition coefficient (Wildman–Crippen LogP) is 1.72. The summed E-state index contributed by atoms with van der Waals surface area (Å²) in [7, 11) is 0. The van der Waals surface area contributed by atoms with Crippen molar-refractivity contribution in [3.8, 4) is 0 Å². The molecule has 2 rings (SSSR count). The van der Waals surface area contributed by atoms with Crippen molar-refractivity contribution in [2.24, 2.45) is 11.8 Å². The van der Waals surface area contributed by atoms with Crippen molar-refractivity contribution in [2.45, 2.75) is 55.1 Å². The molecule has 0 bridgehead atoms. The molecule has 0 aromatic rings. The predicted molar refractivity (Wildman–Crippen MR) is 74.2 cm³/mol. The summed E-state index contributed by atoms with van der Waals surface area (Å²) in [5.74, 6) is 0.0623. The molecule has 0 radical (unpaired) electrons. The highest BCUT2D eigenvalue weighted by Crippen LogP contribution is 2.42. The van der Waals surface area contributed by atoms with Gasteiger partial charge in [-0.3, -0.25) is 0 Å². The Bertz CT molecular complexity index is 282. The monoisotopic (exact) mass is 295 g/mol. The van der Waals surface area contributed by atoms with Gasteiger partial charge in [0.25, 0.3) is 0 Å². The summed E-state index contributed by atoms with van der Waals surface area (Å²) >= 11 is 12.3. The van der Waals surface area contributed by atoms with E-state index in [0.29, 0.717) is 12.8 Å². The third kappa shape index (κ3) is 2.96. The molecule has 0 aromatic carbocycles. The highest BCUT2D eigenvalue weighted by Gasteiger charge is 2.47. The molecule has 5 atom stereocenters. The molecule has 1 aliphatic heterocycles. The van der Waals surface area contributed by atoms with Gasteiger partial charge in [0.15, 0.2) is 0 Å². The quantitative estimate of drug-likeness (QED) is 0.680. The fourth-order valence-corrected chi connectivity index (χ4v) is 4.01. The number of hydrogen-bond acceptors (Lipinski definition) is 3. The molecule has 5 unspecified atom stereocenters. The van der Waals surface area contributed by atoms with Crippen LogP contribution in [0.1, 0.15) is 32.6 Å². The molecule has 1 saturated heterocycles. The summed E-state index contributed by atoms with van der Waals surface area (Å²) in [6.45, 7) is 3.73. The van der Waals surface area contributed by atoms with E-state index in [2.05, 4.69) is 5.32 Å². The molecule has 0 amide bonds. The average molecular weight is 296 g/mol. The first-order valence-electron chi connectivity index (χ1n) is 6.82. The molecule has 3 nitrogen and oxygen atoms in total. The lowest BCUT2D eigenvalue weighted by atomic mass is 9.67. The molecule has 2 aliphatic rings. The zero-order chi connectivity index (χ0) is 13.3. The normalized spacial score (nSPS) is 42.5. The van der Waals surface area contributed by atoms with E-state index in [1.807, 2.05) is 6.92 Å². The van der Waals surface area contributed by atoms with Crippen LogP contribution in [0.25, 0.3) is 0 Å². The number of aliphatic hydroxyl groups is 2. The highest BCUT2D eigenvalue weighted by atomic mass is 35.5. The number of hydrogen-bond donors (Lipinski definition) is 3. The minimum atomic E-state index is -0.855. The summed E-state index contributed by atoms with van der Waals surface area (Å²) in [5.41, 5.74) is -0.855. The van der Waals surface area contributed by atoms with Crippen molar-refractivity contribution in [3.05, 3.63) is 0 Å². The van der Waals surface area contributed by atoms with Gasteiger partial charge in [0.05, 0.1) is 22.5 Å². The minimum Gasteiger partial charge on any atom is -0.393 e. The van der Waals surface area contributed by atoms with E-state index >= 15 is 0 Å². The maximum absolute atomic E-state index is 10.8. The van der Waals surface area contributed by atoms with E-state index in [1.165, 1.54) is 0 Å². The SMILES string of the molecule is CC(O)(C1CCNCC1)C1CC(Cl)C(Cl)CC1O. The van der Waals surface area contributed by atoms with E-state index in [-0.39, 0.29) is 22.6 Å². The first-order valence-corrected chi connectivity index (χ1v) is 7.69. The van der Waals surface area contributed by atoms with Crippen molar-refractivity contribution in [1.82, 2.24) is 5.32 Å². The van der Waals surface area contributed by atoms with Gasteiger partial charge < -0.3 is 15.5 Å². The van der Waals surface area contributed by atoms with Gasteiger partial charge in [0.1, 0.15) is 0 Å². The van der Waals surface area contributed by atoms with Gasteiger partial charge in [-0.05, 0) is 51.6 Å². The lowest BCUT2D eigenvalue weighted by Crippen LogP contribution is -2.54. The molecule has 0 spiro atoms. The molecular weight excluding hydrogens is 273 g/mol. The zero-order valence-electron chi connectivity index (χ0n) is 10.8. The number of nitrogens with one attached hydrogen (secondary N) is 1. The van der Waals surface area contributed by atoms with E-state index in [4.69, 9.17) is 23.2 Å². The number of rotatable bonds is 2. The third-order valence-electron chi connectivity index (χ3n) is 4.72. The van der Waals surface area contributed by atoms with Gasteiger partial charge in [0, 0.05) is 5.92 Å². The molecule has 106 valence electrons. The van der Waals surface area contributed by atoms with Crippen LogP contribution in [0.15, 0.2) is 0 Å². The Morgan fingerprint density at radius 1 is 1.11 bits per heavy atom. The summed E-state index contributed by atoms with van der Waals surface area (Å²) in [6, 6.07) is 0. The van der Waals surface area contributed by atoms with Crippen molar-refractivity contribution in [2.75, 3.05) is 13.1 Å².